The van der Waals surface area contributed by atoms with Crippen molar-refractivity contribution in [2.24, 2.45) is 0 Å². The molecular weight excluding hydrogens is 296 g/mol. The van der Waals surface area contributed by atoms with Crippen molar-refractivity contribution >= 4 is 39.8 Å². The lowest BCUT2D eigenvalue weighted by atomic mass is 10.2. The first-order valence-electron chi connectivity index (χ1n) is 6.72. The molecule has 0 spiro atoms. The quantitative estimate of drug-likeness (QED) is 0.434. The Labute approximate surface area is 132 Å². The summed E-state index contributed by atoms with van der Waals surface area (Å²) in [6.07, 6.45) is 1.68. The van der Waals surface area contributed by atoms with Crippen molar-refractivity contribution in [3.05, 3.63) is 66.4 Å². The molecule has 4 N–H and O–H groups in total. The molecule has 0 aliphatic heterocycles. The SMILES string of the molecule is O=C(NNC(=S)Nc1ccccc1)c1c[nH]c2ccccc12. The minimum absolute atomic E-state index is 0.255. The van der Waals surface area contributed by atoms with E-state index in [1.54, 1.807) is 6.20 Å². The Morgan fingerprint density at radius 3 is 2.50 bits per heavy atom. The molecule has 0 radical (unpaired) electrons. The minimum Gasteiger partial charge on any atom is -0.360 e. The minimum atomic E-state index is -0.255. The van der Waals surface area contributed by atoms with Crippen molar-refractivity contribution < 1.29 is 4.79 Å². The molecule has 6 heteroatoms. The number of hydrazine groups is 1. The van der Waals surface area contributed by atoms with Gasteiger partial charge >= 0.3 is 0 Å². The first-order chi connectivity index (χ1) is 10.7. The molecule has 0 aliphatic carbocycles. The zero-order valence-corrected chi connectivity index (χ0v) is 12.4. The molecule has 22 heavy (non-hydrogen) atoms. The van der Waals surface area contributed by atoms with Crippen LogP contribution in [0.4, 0.5) is 5.69 Å². The van der Waals surface area contributed by atoms with E-state index >= 15 is 0 Å². The predicted molar refractivity (Wildman–Crippen MR) is 91.6 cm³/mol. The Balaban J connectivity index is 1.61. The predicted octanol–water partition coefficient (Wildman–Crippen LogP) is 2.80. The molecule has 1 amide bonds. The number of nitrogens with one attached hydrogen (secondary N) is 4. The van der Waals surface area contributed by atoms with Gasteiger partial charge in [-0.3, -0.25) is 15.6 Å². The molecule has 0 aliphatic rings. The van der Waals surface area contributed by atoms with E-state index in [1.807, 2.05) is 54.6 Å². The van der Waals surface area contributed by atoms with Crippen LogP contribution in [-0.2, 0) is 0 Å². The van der Waals surface area contributed by atoms with Gasteiger partial charge in [0.1, 0.15) is 0 Å². The fraction of sp³-hybridized carbons (Fsp3) is 0. The molecule has 0 bridgehead atoms. The van der Waals surface area contributed by atoms with Crippen molar-refractivity contribution in [3.63, 3.8) is 0 Å². The van der Waals surface area contributed by atoms with Gasteiger partial charge in [-0.1, -0.05) is 36.4 Å². The summed E-state index contributed by atoms with van der Waals surface area (Å²) in [7, 11) is 0. The number of hydrogen-bond acceptors (Lipinski definition) is 2. The topological polar surface area (TPSA) is 69.0 Å². The molecule has 3 rings (SSSR count). The number of para-hydroxylation sites is 2. The fourth-order valence-corrected chi connectivity index (χ4v) is 2.29. The number of carbonyl (C=O) groups excluding carboxylic acids is 1. The van der Waals surface area contributed by atoms with Crippen LogP contribution in [0.5, 0.6) is 0 Å². The molecule has 0 atom stereocenters. The first kappa shape index (κ1) is 14.1. The summed E-state index contributed by atoms with van der Waals surface area (Å²) in [6, 6.07) is 17.1. The second-order valence-corrected chi connectivity index (χ2v) is 5.06. The van der Waals surface area contributed by atoms with Gasteiger partial charge in [0.05, 0.1) is 5.56 Å². The fourth-order valence-electron chi connectivity index (χ4n) is 2.12. The number of anilines is 1. The molecule has 110 valence electrons. The van der Waals surface area contributed by atoms with Crippen LogP contribution < -0.4 is 16.2 Å². The molecule has 3 aromatic rings. The molecule has 5 nitrogen and oxygen atoms in total. The largest absolute Gasteiger partial charge is 0.360 e. The molecule has 2 aromatic carbocycles. The third kappa shape index (κ3) is 3.07. The lowest BCUT2D eigenvalue weighted by Gasteiger charge is -2.11. The highest BCUT2D eigenvalue weighted by molar-refractivity contribution is 7.80. The van der Waals surface area contributed by atoms with Crippen molar-refractivity contribution in [3.8, 4) is 0 Å². The van der Waals surface area contributed by atoms with E-state index < -0.39 is 0 Å². The van der Waals surface area contributed by atoms with Gasteiger partial charge in [0.15, 0.2) is 5.11 Å². The van der Waals surface area contributed by atoms with Gasteiger partial charge in [-0.2, -0.15) is 0 Å². The second-order valence-electron chi connectivity index (χ2n) is 4.65. The van der Waals surface area contributed by atoms with Crippen molar-refractivity contribution in [1.29, 1.82) is 0 Å². The standard InChI is InChI=1S/C16H14N4OS/c21-15(13-10-17-14-9-5-4-8-12(13)14)19-20-16(22)18-11-6-2-1-3-7-11/h1-10,17H,(H,19,21)(H2,18,20,22). The smallest absolute Gasteiger partial charge is 0.271 e. The summed E-state index contributed by atoms with van der Waals surface area (Å²) in [4.78, 5) is 15.3. The molecule has 1 aromatic heterocycles. The van der Waals surface area contributed by atoms with Crippen LogP contribution >= 0.6 is 12.2 Å². The Kier molecular flexibility index (Phi) is 4.02. The Bertz CT molecular complexity index is 813. The number of aromatic amines is 1. The summed E-state index contributed by atoms with van der Waals surface area (Å²) in [5.74, 6) is -0.255. The summed E-state index contributed by atoms with van der Waals surface area (Å²) >= 11 is 5.13. The lowest BCUT2D eigenvalue weighted by molar-refractivity contribution is 0.0946. The molecule has 0 unspecified atom stereocenters. The first-order valence-corrected chi connectivity index (χ1v) is 7.13. The zero-order valence-electron chi connectivity index (χ0n) is 11.6. The van der Waals surface area contributed by atoms with E-state index in [1.165, 1.54) is 0 Å². The Hall–Kier alpha value is -2.86. The van der Waals surface area contributed by atoms with Gasteiger partial charge in [-0.25, -0.2) is 0 Å². The van der Waals surface area contributed by atoms with Crippen LogP contribution in [-0.4, -0.2) is 16.0 Å². The van der Waals surface area contributed by atoms with Gasteiger partial charge in [-0.05, 0) is 30.4 Å². The summed E-state index contributed by atoms with van der Waals surface area (Å²) < 4.78 is 0. The number of carbonyl (C=O) groups is 1. The van der Waals surface area contributed by atoms with Crippen molar-refractivity contribution in [2.75, 3.05) is 5.32 Å². The number of fused-ring (bicyclic) bond motifs is 1. The number of rotatable bonds is 2. The number of thiocarbonyl (C=S) groups is 1. The molecule has 0 saturated carbocycles. The highest BCUT2D eigenvalue weighted by Gasteiger charge is 2.11. The van der Waals surface area contributed by atoms with Crippen molar-refractivity contribution in [1.82, 2.24) is 15.8 Å². The van der Waals surface area contributed by atoms with Gasteiger partial charge in [-0.15, -0.1) is 0 Å². The number of aromatic nitrogens is 1. The summed E-state index contributed by atoms with van der Waals surface area (Å²) in [6.45, 7) is 0. The Morgan fingerprint density at radius 1 is 0.955 bits per heavy atom. The van der Waals surface area contributed by atoms with Gasteiger partial charge in [0.25, 0.3) is 5.91 Å². The van der Waals surface area contributed by atoms with Crippen LogP contribution in [0.3, 0.4) is 0 Å². The normalized spacial score (nSPS) is 10.2. The molecule has 1 heterocycles. The monoisotopic (exact) mass is 310 g/mol. The molecule has 0 saturated heterocycles. The maximum atomic E-state index is 12.2. The van der Waals surface area contributed by atoms with E-state index in [0.29, 0.717) is 10.7 Å². The lowest BCUT2D eigenvalue weighted by Crippen LogP contribution is -2.43. The van der Waals surface area contributed by atoms with Crippen LogP contribution in [0.25, 0.3) is 10.9 Å². The third-order valence-electron chi connectivity index (χ3n) is 3.16. The van der Waals surface area contributed by atoms with Crippen LogP contribution in [0.1, 0.15) is 10.4 Å². The van der Waals surface area contributed by atoms with Gasteiger partial charge in [0.2, 0.25) is 0 Å². The van der Waals surface area contributed by atoms with Crippen LogP contribution in [0, 0.1) is 0 Å². The molecular formula is C16H14N4OS. The average Bonchev–Trinajstić information content (AvgIpc) is 2.98. The number of hydrogen-bond donors (Lipinski definition) is 4. The van der Waals surface area contributed by atoms with Gasteiger partial charge in [0, 0.05) is 22.8 Å². The van der Waals surface area contributed by atoms with E-state index in [0.717, 1.165) is 16.6 Å². The highest BCUT2D eigenvalue weighted by Crippen LogP contribution is 2.17. The van der Waals surface area contributed by atoms with E-state index in [2.05, 4.69) is 21.2 Å². The van der Waals surface area contributed by atoms with Crippen molar-refractivity contribution in [2.45, 2.75) is 0 Å². The van der Waals surface area contributed by atoms with E-state index in [9.17, 15) is 4.79 Å². The summed E-state index contributed by atoms with van der Waals surface area (Å²) in [5.41, 5.74) is 7.60. The summed E-state index contributed by atoms with van der Waals surface area (Å²) in [5, 5.41) is 4.16. The van der Waals surface area contributed by atoms with Crippen LogP contribution in [0.2, 0.25) is 0 Å². The third-order valence-corrected chi connectivity index (χ3v) is 3.36. The number of benzene rings is 2. The Morgan fingerprint density at radius 2 is 1.68 bits per heavy atom. The second kappa shape index (κ2) is 6.28. The molecule has 0 fully saturated rings. The maximum absolute atomic E-state index is 12.2. The van der Waals surface area contributed by atoms with E-state index in [-0.39, 0.29) is 5.91 Å². The number of H-pyrrole nitrogens is 1. The number of amides is 1. The maximum Gasteiger partial charge on any atom is 0.271 e. The van der Waals surface area contributed by atoms with Gasteiger partial charge < -0.3 is 10.3 Å². The van der Waals surface area contributed by atoms with E-state index in [4.69, 9.17) is 12.2 Å². The highest BCUT2D eigenvalue weighted by atomic mass is 32.1. The zero-order chi connectivity index (χ0) is 15.4. The average molecular weight is 310 g/mol. The van der Waals surface area contributed by atoms with Crippen LogP contribution in [0.15, 0.2) is 60.8 Å².